The number of aryl methyl sites for hydroxylation is 1. The highest BCUT2D eigenvalue weighted by atomic mass is 35.7. The molecule has 0 atom stereocenters. The van der Waals surface area contributed by atoms with E-state index in [0.717, 1.165) is 21.9 Å². The molecule has 1 rings (SSSR count). The maximum Gasteiger partial charge on any atom is 0.0438 e. The molecule has 0 fully saturated rings. The molecule has 0 N–H and O–H groups in total. The lowest BCUT2D eigenvalue weighted by Gasteiger charge is -2.01. The summed E-state index contributed by atoms with van der Waals surface area (Å²) in [6.45, 7) is 2.07. The average Bonchev–Trinajstić information content (AvgIpc) is 2.05. The molecule has 0 amide bonds. The molecule has 1 aromatic carbocycles. The standard InChI is InChI=1S/C8H8Cl2S/c1-2-6-5-7(11-10)3-4-8(6)9/h3-5H,2H2,1H3. The Labute approximate surface area is 80.4 Å². The molecular weight excluding hydrogens is 199 g/mol. The Hall–Kier alpha value is 0.150. The van der Waals surface area contributed by atoms with Crippen molar-refractivity contribution in [1.82, 2.24) is 0 Å². The van der Waals surface area contributed by atoms with E-state index in [4.69, 9.17) is 22.3 Å². The molecule has 0 nitrogen and oxygen atoms in total. The summed E-state index contributed by atoms with van der Waals surface area (Å²) in [5.74, 6) is 0. The third-order valence-electron chi connectivity index (χ3n) is 1.49. The lowest BCUT2D eigenvalue weighted by atomic mass is 10.2. The van der Waals surface area contributed by atoms with E-state index in [1.165, 1.54) is 11.0 Å². The molecule has 3 heteroatoms. The number of hydrogen-bond donors (Lipinski definition) is 0. The van der Waals surface area contributed by atoms with Gasteiger partial charge in [0.2, 0.25) is 0 Å². The van der Waals surface area contributed by atoms with E-state index in [1.807, 2.05) is 18.2 Å². The zero-order chi connectivity index (χ0) is 8.27. The quantitative estimate of drug-likeness (QED) is 0.701. The Balaban J connectivity index is 3.02. The first-order chi connectivity index (χ1) is 5.27. The number of hydrogen-bond acceptors (Lipinski definition) is 1. The highest BCUT2D eigenvalue weighted by Gasteiger charge is 1.98. The molecule has 0 unspecified atom stereocenters. The molecule has 0 heterocycles. The Morgan fingerprint density at radius 3 is 2.73 bits per heavy atom. The third kappa shape index (κ3) is 2.29. The SMILES string of the molecule is CCc1cc(SCl)ccc1Cl. The van der Waals surface area contributed by atoms with Gasteiger partial charge in [-0.1, -0.05) is 18.5 Å². The highest BCUT2D eigenvalue weighted by molar-refractivity contribution is 8.21. The predicted octanol–water partition coefficient (Wildman–Crippen LogP) is 4.15. The van der Waals surface area contributed by atoms with Crippen LogP contribution in [0.5, 0.6) is 0 Å². The lowest BCUT2D eigenvalue weighted by molar-refractivity contribution is 1.12. The predicted molar refractivity (Wildman–Crippen MR) is 52.5 cm³/mol. The summed E-state index contributed by atoms with van der Waals surface area (Å²) < 4.78 is 0. The number of rotatable bonds is 2. The normalized spacial score (nSPS) is 10.1. The molecular formula is C8H8Cl2S. The Morgan fingerprint density at radius 1 is 1.45 bits per heavy atom. The van der Waals surface area contributed by atoms with Crippen LogP contribution in [0.3, 0.4) is 0 Å². The first-order valence-electron chi connectivity index (χ1n) is 3.35. The monoisotopic (exact) mass is 206 g/mol. The molecule has 60 valence electrons. The summed E-state index contributed by atoms with van der Waals surface area (Å²) in [7, 11) is 6.80. The second-order valence-corrected chi connectivity index (χ2v) is 3.68. The van der Waals surface area contributed by atoms with E-state index < -0.39 is 0 Å². The van der Waals surface area contributed by atoms with Gasteiger partial charge >= 0.3 is 0 Å². The Kier molecular flexibility index (Phi) is 3.57. The molecule has 0 aliphatic carbocycles. The van der Waals surface area contributed by atoms with Crippen LogP contribution in [0, 0.1) is 0 Å². The maximum atomic E-state index is 5.90. The number of halogens is 2. The van der Waals surface area contributed by atoms with E-state index >= 15 is 0 Å². The van der Waals surface area contributed by atoms with E-state index in [9.17, 15) is 0 Å². The van der Waals surface area contributed by atoms with Gasteiger partial charge in [-0.15, -0.1) is 0 Å². The second-order valence-electron chi connectivity index (χ2n) is 2.18. The van der Waals surface area contributed by atoms with Gasteiger partial charge < -0.3 is 0 Å². The zero-order valence-electron chi connectivity index (χ0n) is 6.10. The van der Waals surface area contributed by atoms with E-state index in [-0.39, 0.29) is 0 Å². The van der Waals surface area contributed by atoms with Gasteiger partial charge in [0.15, 0.2) is 0 Å². The Bertz CT molecular complexity index is 248. The van der Waals surface area contributed by atoms with Gasteiger partial charge in [0.25, 0.3) is 0 Å². The van der Waals surface area contributed by atoms with Gasteiger partial charge in [-0.3, -0.25) is 0 Å². The number of benzene rings is 1. The van der Waals surface area contributed by atoms with E-state index in [0.29, 0.717) is 0 Å². The van der Waals surface area contributed by atoms with Crippen molar-refractivity contribution < 1.29 is 0 Å². The summed E-state index contributed by atoms with van der Waals surface area (Å²) in [5.41, 5.74) is 1.15. The highest BCUT2D eigenvalue weighted by Crippen LogP contribution is 2.26. The van der Waals surface area contributed by atoms with E-state index in [2.05, 4.69) is 6.92 Å². The van der Waals surface area contributed by atoms with Crippen LogP contribution >= 0.6 is 33.3 Å². The van der Waals surface area contributed by atoms with E-state index in [1.54, 1.807) is 0 Å². The molecule has 11 heavy (non-hydrogen) atoms. The maximum absolute atomic E-state index is 5.90. The van der Waals surface area contributed by atoms with Crippen LogP contribution in [0.15, 0.2) is 23.1 Å². The third-order valence-corrected chi connectivity index (χ3v) is 2.82. The van der Waals surface area contributed by atoms with Crippen molar-refractivity contribution in [2.45, 2.75) is 18.2 Å². The van der Waals surface area contributed by atoms with Crippen molar-refractivity contribution in [2.75, 3.05) is 0 Å². The van der Waals surface area contributed by atoms with Crippen LogP contribution in [0.1, 0.15) is 12.5 Å². The smallest absolute Gasteiger partial charge is 0.0438 e. The largest absolute Gasteiger partial charge is 0.0840 e. The van der Waals surface area contributed by atoms with Gasteiger partial charge in [0, 0.05) is 9.92 Å². The second kappa shape index (κ2) is 4.24. The van der Waals surface area contributed by atoms with Crippen molar-refractivity contribution in [1.29, 1.82) is 0 Å². The summed E-state index contributed by atoms with van der Waals surface area (Å²) in [4.78, 5) is 1.05. The van der Waals surface area contributed by atoms with Gasteiger partial charge in [-0.25, -0.2) is 0 Å². The van der Waals surface area contributed by atoms with Crippen LogP contribution in [0.4, 0.5) is 0 Å². The minimum atomic E-state index is 0.821. The molecule has 0 bridgehead atoms. The molecule has 0 aliphatic heterocycles. The zero-order valence-corrected chi connectivity index (χ0v) is 8.43. The topological polar surface area (TPSA) is 0 Å². The van der Waals surface area contributed by atoms with Gasteiger partial charge in [-0.2, -0.15) is 0 Å². The molecule has 0 spiro atoms. The van der Waals surface area contributed by atoms with Gasteiger partial charge in [-0.05, 0) is 51.8 Å². The lowest BCUT2D eigenvalue weighted by Crippen LogP contribution is -1.81. The fourth-order valence-corrected chi connectivity index (χ4v) is 1.72. The first kappa shape index (κ1) is 9.24. The van der Waals surface area contributed by atoms with Crippen molar-refractivity contribution in [3.05, 3.63) is 28.8 Å². The molecule has 0 radical (unpaired) electrons. The fraction of sp³-hybridized carbons (Fsp3) is 0.250. The average molecular weight is 207 g/mol. The first-order valence-corrected chi connectivity index (χ1v) is 5.37. The summed E-state index contributed by atoms with van der Waals surface area (Å²) in [6.07, 6.45) is 0.949. The summed E-state index contributed by atoms with van der Waals surface area (Å²) in [6, 6.07) is 5.81. The molecule has 0 saturated carbocycles. The van der Waals surface area contributed by atoms with Crippen LogP contribution in [-0.2, 0) is 6.42 Å². The van der Waals surface area contributed by atoms with Crippen molar-refractivity contribution >= 4 is 33.3 Å². The minimum Gasteiger partial charge on any atom is -0.0840 e. The van der Waals surface area contributed by atoms with Crippen molar-refractivity contribution in [3.63, 3.8) is 0 Å². The van der Waals surface area contributed by atoms with Gasteiger partial charge in [0.1, 0.15) is 0 Å². The van der Waals surface area contributed by atoms with Crippen LogP contribution in [0.2, 0.25) is 5.02 Å². The Morgan fingerprint density at radius 2 is 2.18 bits per heavy atom. The van der Waals surface area contributed by atoms with Crippen LogP contribution in [-0.4, -0.2) is 0 Å². The summed E-state index contributed by atoms with van der Waals surface area (Å²) >= 11 is 5.90. The van der Waals surface area contributed by atoms with Crippen molar-refractivity contribution in [3.8, 4) is 0 Å². The van der Waals surface area contributed by atoms with Crippen molar-refractivity contribution in [2.24, 2.45) is 0 Å². The molecule has 0 saturated heterocycles. The molecule has 0 aliphatic rings. The molecule has 1 aromatic rings. The van der Waals surface area contributed by atoms with Crippen LogP contribution in [0.25, 0.3) is 0 Å². The fourth-order valence-electron chi connectivity index (χ4n) is 0.870. The van der Waals surface area contributed by atoms with Gasteiger partial charge in [0.05, 0.1) is 0 Å². The summed E-state index contributed by atoms with van der Waals surface area (Å²) in [5, 5.41) is 0.821. The van der Waals surface area contributed by atoms with Crippen LogP contribution < -0.4 is 0 Å². The molecule has 0 aromatic heterocycles. The minimum absolute atomic E-state index is 0.821.